The van der Waals surface area contributed by atoms with E-state index in [0.717, 1.165) is 31.7 Å². The van der Waals surface area contributed by atoms with Gasteiger partial charge in [-0.25, -0.2) is 12.8 Å². The Kier molecular flexibility index (Phi) is 8.70. The van der Waals surface area contributed by atoms with Crippen LogP contribution < -0.4 is 10.6 Å². The summed E-state index contributed by atoms with van der Waals surface area (Å²) in [5.74, 6) is -1.08. The summed E-state index contributed by atoms with van der Waals surface area (Å²) in [6.07, 6.45) is 5.86. The van der Waals surface area contributed by atoms with Crippen LogP contribution in [0.2, 0.25) is 0 Å². The molecule has 2 amide bonds. The topological polar surface area (TPSA) is 92.3 Å². The fourth-order valence-electron chi connectivity index (χ4n) is 4.49. The zero-order valence-electron chi connectivity index (χ0n) is 20.6. The highest BCUT2D eigenvalue weighted by Gasteiger charge is 2.27. The van der Waals surface area contributed by atoms with Crippen LogP contribution in [0.1, 0.15) is 69.7 Å². The van der Waals surface area contributed by atoms with E-state index in [1.54, 1.807) is 12.1 Å². The first-order valence-corrected chi connectivity index (χ1v) is 13.8. The molecule has 1 aliphatic rings. The van der Waals surface area contributed by atoms with Crippen LogP contribution in [-0.4, -0.2) is 32.0 Å². The van der Waals surface area contributed by atoms with Crippen LogP contribution in [0, 0.1) is 17.2 Å². The van der Waals surface area contributed by atoms with E-state index in [2.05, 4.69) is 10.6 Å². The van der Waals surface area contributed by atoms with Crippen molar-refractivity contribution in [2.45, 2.75) is 70.2 Å². The zero-order valence-corrected chi connectivity index (χ0v) is 21.5. The number of hydrogen-bond donors (Lipinski definition) is 2. The molecule has 1 atom stereocenters. The first-order valence-electron chi connectivity index (χ1n) is 12.1. The predicted octanol–water partition coefficient (Wildman–Crippen LogP) is 5.35. The van der Waals surface area contributed by atoms with Crippen molar-refractivity contribution in [3.05, 3.63) is 59.9 Å². The van der Waals surface area contributed by atoms with E-state index in [4.69, 9.17) is 0 Å². The Morgan fingerprint density at radius 3 is 2.29 bits per heavy atom. The number of hydrogen-bond acceptors (Lipinski definition) is 4. The van der Waals surface area contributed by atoms with Crippen molar-refractivity contribution in [3.8, 4) is 0 Å². The van der Waals surface area contributed by atoms with E-state index in [-0.39, 0.29) is 27.5 Å². The minimum atomic E-state index is -3.45. The van der Waals surface area contributed by atoms with Gasteiger partial charge in [-0.3, -0.25) is 9.59 Å². The number of nitrogens with one attached hydrogen (secondary N) is 2. The van der Waals surface area contributed by atoms with Crippen LogP contribution >= 0.6 is 0 Å². The van der Waals surface area contributed by atoms with Crippen LogP contribution in [0.5, 0.6) is 0 Å². The van der Waals surface area contributed by atoms with Gasteiger partial charge in [0.15, 0.2) is 9.84 Å². The van der Waals surface area contributed by atoms with Crippen molar-refractivity contribution in [2.24, 2.45) is 11.3 Å². The summed E-state index contributed by atoms with van der Waals surface area (Å²) in [5, 5.41) is 5.58. The van der Waals surface area contributed by atoms with E-state index in [9.17, 15) is 22.4 Å². The second kappa shape index (κ2) is 11.3. The molecule has 6 nitrogen and oxygen atoms in total. The minimum Gasteiger partial charge on any atom is -0.340 e. The van der Waals surface area contributed by atoms with Crippen molar-refractivity contribution >= 4 is 27.3 Å². The summed E-state index contributed by atoms with van der Waals surface area (Å²) in [6, 6.07) is 10.6. The van der Waals surface area contributed by atoms with Crippen LogP contribution in [0.15, 0.2) is 53.4 Å². The smallest absolute Gasteiger partial charge is 0.252 e. The maximum absolute atomic E-state index is 13.6. The van der Waals surface area contributed by atoms with Gasteiger partial charge < -0.3 is 10.6 Å². The maximum Gasteiger partial charge on any atom is 0.252 e. The lowest BCUT2D eigenvalue weighted by molar-refractivity contribution is -0.118. The van der Waals surface area contributed by atoms with Crippen molar-refractivity contribution < 1.29 is 22.4 Å². The molecule has 0 heterocycles. The Labute approximate surface area is 207 Å². The Balaban J connectivity index is 1.73. The van der Waals surface area contributed by atoms with Gasteiger partial charge in [-0.05, 0) is 60.2 Å². The molecule has 0 saturated heterocycles. The molecule has 35 heavy (non-hydrogen) atoms. The van der Waals surface area contributed by atoms with Gasteiger partial charge in [0.2, 0.25) is 5.91 Å². The fraction of sp³-hybridized carbons (Fsp3) is 0.481. The average Bonchev–Trinajstić information content (AvgIpc) is 2.78. The molecule has 0 radical (unpaired) electrons. The molecule has 2 aromatic carbocycles. The molecule has 8 heteroatoms. The molecule has 2 aromatic rings. The van der Waals surface area contributed by atoms with Crippen LogP contribution in [0.25, 0.3) is 0 Å². The van der Waals surface area contributed by atoms with Gasteiger partial charge in [-0.1, -0.05) is 58.9 Å². The summed E-state index contributed by atoms with van der Waals surface area (Å²) in [6.45, 7) is 5.59. The van der Waals surface area contributed by atoms with E-state index in [0.29, 0.717) is 18.0 Å². The van der Waals surface area contributed by atoms with Crippen molar-refractivity contribution in [1.29, 1.82) is 0 Å². The van der Waals surface area contributed by atoms with Crippen LogP contribution in [-0.2, 0) is 14.6 Å². The standard InChI is InChI=1S/C27H35FN2O4S/c1-27(2,3)18-35(33,34)23-14-12-22(13-15-23)29-26(32)24(16-19-8-5-4-6-9-19)30-25(31)20-10-7-11-21(28)17-20/h7,10-15,17,19,24H,4-6,8-9,16,18H2,1-3H3,(H,29,32)(H,30,31)/t24-/m0/s1. The Hall–Kier alpha value is -2.74. The molecule has 0 aliphatic heterocycles. The first-order chi connectivity index (χ1) is 16.4. The lowest BCUT2D eigenvalue weighted by Crippen LogP contribution is -2.45. The minimum absolute atomic E-state index is 0.0152. The van der Waals surface area contributed by atoms with E-state index >= 15 is 0 Å². The van der Waals surface area contributed by atoms with Gasteiger partial charge in [0.1, 0.15) is 11.9 Å². The number of carbonyl (C=O) groups excluding carboxylic acids is 2. The first kappa shape index (κ1) is 26.9. The normalized spacial score (nSPS) is 15.9. The molecule has 0 bridgehead atoms. The maximum atomic E-state index is 13.6. The lowest BCUT2D eigenvalue weighted by atomic mass is 9.84. The Morgan fingerprint density at radius 1 is 1.03 bits per heavy atom. The average molecular weight is 503 g/mol. The molecule has 1 saturated carbocycles. The Morgan fingerprint density at radius 2 is 1.69 bits per heavy atom. The van der Waals surface area contributed by atoms with Gasteiger partial charge >= 0.3 is 0 Å². The fourth-order valence-corrected chi connectivity index (χ4v) is 6.34. The highest BCUT2D eigenvalue weighted by atomic mass is 32.2. The molecule has 2 N–H and O–H groups in total. The van der Waals surface area contributed by atoms with E-state index in [1.807, 2.05) is 20.8 Å². The number of anilines is 1. The molecule has 0 aromatic heterocycles. The van der Waals surface area contributed by atoms with Crippen molar-refractivity contribution in [1.82, 2.24) is 5.32 Å². The van der Waals surface area contributed by atoms with Crippen LogP contribution in [0.3, 0.4) is 0 Å². The third-order valence-electron chi connectivity index (χ3n) is 6.11. The lowest BCUT2D eigenvalue weighted by Gasteiger charge is -2.26. The monoisotopic (exact) mass is 502 g/mol. The SMILES string of the molecule is CC(C)(C)CS(=O)(=O)c1ccc(NC(=O)[C@H](CC2CCCCC2)NC(=O)c2cccc(F)c2)cc1. The highest BCUT2D eigenvalue weighted by Crippen LogP contribution is 2.28. The number of sulfone groups is 1. The summed E-state index contributed by atoms with van der Waals surface area (Å²) >= 11 is 0. The Bertz CT molecular complexity index is 1130. The molecule has 1 fully saturated rings. The van der Waals surface area contributed by atoms with Gasteiger partial charge in [-0.15, -0.1) is 0 Å². The molecular weight excluding hydrogens is 467 g/mol. The highest BCUT2D eigenvalue weighted by molar-refractivity contribution is 7.91. The van der Waals surface area contributed by atoms with E-state index < -0.39 is 27.6 Å². The third kappa shape index (κ3) is 8.16. The largest absolute Gasteiger partial charge is 0.340 e. The van der Waals surface area contributed by atoms with Gasteiger partial charge in [0, 0.05) is 11.3 Å². The summed E-state index contributed by atoms with van der Waals surface area (Å²) < 4.78 is 38.8. The molecule has 3 rings (SSSR count). The van der Waals surface area contributed by atoms with E-state index in [1.165, 1.54) is 36.8 Å². The molecule has 0 spiro atoms. The number of carbonyl (C=O) groups is 2. The summed E-state index contributed by atoms with van der Waals surface area (Å²) in [7, 11) is -3.45. The van der Waals surface area contributed by atoms with Gasteiger partial charge in [0.25, 0.3) is 5.91 Å². The van der Waals surface area contributed by atoms with Crippen LogP contribution in [0.4, 0.5) is 10.1 Å². The third-order valence-corrected chi connectivity index (χ3v) is 8.34. The molecule has 0 unspecified atom stereocenters. The van der Waals surface area contributed by atoms with Gasteiger partial charge in [0.05, 0.1) is 10.6 Å². The molecular formula is C27H35FN2O4S. The zero-order chi connectivity index (χ0) is 25.6. The summed E-state index contributed by atoms with van der Waals surface area (Å²) in [4.78, 5) is 26.1. The number of halogens is 1. The number of amides is 2. The molecule has 1 aliphatic carbocycles. The quantitative estimate of drug-likeness (QED) is 0.509. The second-order valence-corrected chi connectivity index (χ2v) is 12.6. The van der Waals surface area contributed by atoms with Crippen molar-refractivity contribution in [3.63, 3.8) is 0 Å². The summed E-state index contributed by atoms with van der Waals surface area (Å²) in [5.41, 5.74) is 0.219. The molecule has 190 valence electrons. The number of rotatable bonds is 8. The van der Waals surface area contributed by atoms with Gasteiger partial charge in [-0.2, -0.15) is 0 Å². The predicted molar refractivity (Wildman–Crippen MR) is 135 cm³/mol. The van der Waals surface area contributed by atoms with Crippen molar-refractivity contribution in [2.75, 3.05) is 11.1 Å². The number of benzene rings is 2. The second-order valence-electron chi connectivity index (χ2n) is 10.6.